The second-order valence-electron chi connectivity index (χ2n) is 6.96. The van der Waals surface area contributed by atoms with Gasteiger partial charge in [0.1, 0.15) is 11.5 Å². The van der Waals surface area contributed by atoms with Gasteiger partial charge >= 0.3 is 5.97 Å². The smallest absolute Gasteiger partial charge is 0.335 e. The first-order chi connectivity index (χ1) is 13.5. The molecule has 1 heterocycles. The van der Waals surface area contributed by atoms with Crippen molar-refractivity contribution >= 4 is 11.9 Å². The molecule has 28 heavy (non-hydrogen) atoms. The summed E-state index contributed by atoms with van der Waals surface area (Å²) in [5.41, 5.74) is 2.08. The van der Waals surface area contributed by atoms with Crippen LogP contribution in [0, 0.1) is 0 Å². The van der Waals surface area contributed by atoms with Crippen LogP contribution in [0.25, 0.3) is 0 Å². The molecule has 6 nitrogen and oxygen atoms in total. The standard InChI is InChI=1S/C22H25NO5/c1-27-19-9-8-16(20(13-19)28-2)12-21(24)23-10-4-7-18(14-23)15-5-3-6-17(11-15)22(25)26/h3,5-6,8-9,11,13,18H,4,7,10,12,14H2,1-2H3,(H,25,26). The lowest BCUT2D eigenvalue weighted by molar-refractivity contribution is -0.131. The van der Waals surface area contributed by atoms with Crippen LogP contribution in [0.1, 0.15) is 40.2 Å². The Morgan fingerprint density at radius 3 is 2.68 bits per heavy atom. The third-order valence-electron chi connectivity index (χ3n) is 5.21. The molecular formula is C22H25NO5. The molecule has 0 saturated carbocycles. The van der Waals surface area contributed by atoms with Crippen molar-refractivity contribution in [2.45, 2.75) is 25.2 Å². The summed E-state index contributed by atoms with van der Waals surface area (Å²) in [6, 6.07) is 12.5. The number of piperidine rings is 1. The SMILES string of the molecule is COc1ccc(CC(=O)N2CCCC(c3cccc(C(=O)O)c3)C2)c(OC)c1. The number of nitrogens with zero attached hydrogens (tertiary/aromatic N) is 1. The van der Waals surface area contributed by atoms with Crippen LogP contribution in [-0.4, -0.2) is 49.2 Å². The molecule has 1 saturated heterocycles. The maximum atomic E-state index is 12.9. The van der Waals surface area contributed by atoms with Crippen LogP contribution in [0.3, 0.4) is 0 Å². The summed E-state index contributed by atoms with van der Waals surface area (Å²) in [5, 5.41) is 9.21. The van der Waals surface area contributed by atoms with Gasteiger partial charge in [0.15, 0.2) is 0 Å². The topological polar surface area (TPSA) is 76.1 Å². The van der Waals surface area contributed by atoms with Gasteiger partial charge in [-0.2, -0.15) is 0 Å². The highest BCUT2D eigenvalue weighted by atomic mass is 16.5. The summed E-state index contributed by atoms with van der Waals surface area (Å²) < 4.78 is 10.6. The minimum atomic E-state index is -0.933. The lowest BCUT2D eigenvalue weighted by Gasteiger charge is -2.33. The largest absolute Gasteiger partial charge is 0.497 e. The number of amides is 1. The van der Waals surface area contributed by atoms with Gasteiger partial charge in [-0.05, 0) is 36.6 Å². The fourth-order valence-corrected chi connectivity index (χ4v) is 3.67. The number of methoxy groups -OCH3 is 2. The average molecular weight is 383 g/mol. The number of ether oxygens (including phenoxy) is 2. The van der Waals surface area contributed by atoms with Crippen molar-refractivity contribution in [1.29, 1.82) is 0 Å². The van der Waals surface area contributed by atoms with Gasteiger partial charge in [-0.3, -0.25) is 4.79 Å². The van der Waals surface area contributed by atoms with Gasteiger partial charge in [0.05, 0.1) is 26.2 Å². The fourth-order valence-electron chi connectivity index (χ4n) is 3.67. The van der Waals surface area contributed by atoms with E-state index >= 15 is 0 Å². The quantitative estimate of drug-likeness (QED) is 0.828. The number of rotatable bonds is 6. The van der Waals surface area contributed by atoms with Crippen molar-refractivity contribution in [3.63, 3.8) is 0 Å². The number of hydrogen-bond acceptors (Lipinski definition) is 4. The van der Waals surface area contributed by atoms with Crippen LogP contribution in [0.4, 0.5) is 0 Å². The predicted molar refractivity (Wildman–Crippen MR) is 105 cm³/mol. The molecule has 3 rings (SSSR count). The third kappa shape index (κ3) is 4.44. The monoisotopic (exact) mass is 383 g/mol. The number of benzene rings is 2. The van der Waals surface area contributed by atoms with Crippen molar-refractivity contribution in [3.8, 4) is 11.5 Å². The molecule has 2 aromatic carbocycles. The van der Waals surface area contributed by atoms with Crippen LogP contribution in [0.2, 0.25) is 0 Å². The second-order valence-corrected chi connectivity index (χ2v) is 6.96. The number of likely N-dealkylation sites (tertiary alicyclic amines) is 1. The Balaban J connectivity index is 1.71. The highest BCUT2D eigenvalue weighted by Gasteiger charge is 2.26. The first kappa shape index (κ1) is 19.7. The molecule has 148 valence electrons. The Hall–Kier alpha value is -3.02. The molecule has 0 radical (unpaired) electrons. The van der Waals surface area contributed by atoms with Crippen LogP contribution in [0.5, 0.6) is 11.5 Å². The van der Waals surface area contributed by atoms with E-state index in [0.717, 1.165) is 24.0 Å². The third-order valence-corrected chi connectivity index (χ3v) is 5.21. The molecule has 1 aliphatic heterocycles. The normalized spacial score (nSPS) is 16.5. The number of carbonyl (C=O) groups excluding carboxylic acids is 1. The predicted octanol–water partition coefficient (Wildman–Crippen LogP) is 3.35. The molecule has 0 aliphatic carbocycles. The molecule has 0 spiro atoms. The van der Waals surface area contributed by atoms with E-state index in [-0.39, 0.29) is 23.8 Å². The number of hydrogen-bond donors (Lipinski definition) is 1. The van der Waals surface area contributed by atoms with Crippen molar-refractivity contribution in [2.75, 3.05) is 27.3 Å². The number of carboxylic acid groups (broad SMARTS) is 1. The van der Waals surface area contributed by atoms with Gasteiger partial charge in [0, 0.05) is 30.6 Å². The molecule has 1 amide bonds. The van der Waals surface area contributed by atoms with Crippen molar-refractivity contribution in [1.82, 2.24) is 4.90 Å². The minimum Gasteiger partial charge on any atom is -0.497 e. The first-order valence-electron chi connectivity index (χ1n) is 9.33. The molecule has 1 fully saturated rings. The zero-order valence-electron chi connectivity index (χ0n) is 16.2. The van der Waals surface area contributed by atoms with Gasteiger partial charge < -0.3 is 19.5 Å². The molecule has 1 N–H and O–H groups in total. The second kappa shape index (κ2) is 8.78. The summed E-state index contributed by atoms with van der Waals surface area (Å²) in [4.78, 5) is 26.0. The number of carbonyl (C=O) groups is 2. The lowest BCUT2D eigenvalue weighted by atomic mass is 9.89. The molecule has 1 unspecified atom stereocenters. The molecular weight excluding hydrogens is 358 g/mol. The Morgan fingerprint density at radius 1 is 1.14 bits per heavy atom. The van der Waals surface area contributed by atoms with E-state index in [1.54, 1.807) is 38.5 Å². The minimum absolute atomic E-state index is 0.0440. The maximum Gasteiger partial charge on any atom is 0.335 e. The van der Waals surface area contributed by atoms with E-state index in [9.17, 15) is 14.7 Å². The molecule has 0 aromatic heterocycles. The Kier molecular flexibility index (Phi) is 6.19. The van der Waals surface area contributed by atoms with Crippen molar-refractivity contribution in [3.05, 3.63) is 59.2 Å². The summed E-state index contributed by atoms with van der Waals surface area (Å²) in [7, 11) is 3.17. The van der Waals surface area contributed by atoms with Crippen LogP contribution >= 0.6 is 0 Å². The Bertz CT molecular complexity index is 864. The number of carboxylic acids is 1. The Morgan fingerprint density at radius 2 is 1.96 bits per heavy atom. The molecule has 2 aromatic rings. The van der Waals surface area contributed by atoms with Crippen molar-refractivity contribution in [2.24, 2.45) is 0 Å². The zero-order chi connectivity index (χ0) is 20.1. The maximum absolute atomic E-state index is 12.9. The molecule has 6 heteroatoms. The summed E-state index contributed by atoms with van der Waals surface area (Å²) in [6.45, 7) is 1.31. The molecule has 1 aliphatic rings. The van der Waals surface area contributed by atoms with E-state index in [2.05, 4.69) is 0 Å². The van der Waals surface area contributed by atoms with Gasteiger partial charge in [-0.25, -0.2) is 4.79 Å². The summed E-state index contributed by atoms with van der Waals surface area (Å²) in [5.74, 6) is 0.578. The average Bonchev–Trinajstić information content (AvgIpc) is 2.74. The number of aromatic carboxylic acids is 1. The van der Waals surface area contributed by atoms with E-state index in [1.165, 1.54) is 0 Å². The van der Waals surface area contributed by atoms with E-state index in [1.807, 2.05) is 23.1 Å². The van der Waals surface area contributed by atoms with Crippen LogP contribution < -0.4 is 9.47 Å². The van der Waals surface area contributed by atoms with Crippen LogP contribution in [-0.2, 0) is 11.2 Å². The lowest BCUT2D eigenvalue weighted by Crippen LogP contribution is -2.40. The summed E-state index contributed by atoms with van der Waals surface area (Å²) in [6.07, 6.45) is 2.10. The first-order valence-corrected chi connectivity index (χ1v) is 9.33. The zero-order valence-corrected chi connectivity index (χ0v) is 16.2. The van der Waals surface area contributed by atoms with Gasteiger partial charge in [-0.15, -0.1) is 0 Å². The van der Waals surface area contributed by atoms with Gasteiger partial charge in [0.2, 0.25) is 5.91 Å². The Labute approximate surface area is 164 Å². The molecule has 1 atom stereocenters. The highest BCUT2D eigenvalue weighted by molar-refractivity contribution is 5.87. The van der Waals surface area contributed by atoms with Gasteiger partial charge in [-0.1, -0.05) is 18.2 Å². The highest BCUT2D eigenvalue weighted by Crippen LogP contribution is 2.29. The van der Waals surface area contributed by atoms with E-state index in [0.29, 0.717) is 24.6 Å². The summed E-state index contributed by atoms with van der Waals surface area (Å²) >= 11 is 0. The van der Waals surface area contributed by atoms with Crippen molar-refractivity contribution < 1.29 is 24.2 Å². The van der Waals surface area contributed by atoms with E-state index in [4.69, 9.17) is 9.47 Å². The van der Waals surface area contributed by atoms with Crippen LogP contribution in [0.15, 0.2) is 42.5 Å². The van der Waals surface area contributed by atoms with Gasteiger partial charge in [0.25, 0.3) is 0 Å². The van der Waals surface area contributed by atoms with E-state index < -0.39 is 5.97 Å². The fraction of sp³-hybridized carbons (Fsp3) is 0.364. The molecule has 0 bridgehead atoms.